The van der Waals surface area contributed by atoms with Crippen LogP contribution in [0.3, 0.4) is 0 Å². The quantitative estimate of drug-likeness (QED) is 0.631. The van der Waals surface area contributed by atoms with Crippen molar-refractivity contribution in [3.8, 4) is 11.8 Å². The monoisotopic (exact) mass is 282 g/mol. The summed E-state index contributed by atoms with van der Waals surface area (Å²) in [5.74, 6) is 3.11. The zero-order chi connectivity index (χ0) is 10.8. The van der Waals surface area contributed by atoms with Gasteiger partial charge in [0.15, 0.2) is 0 Å². The Kier molecular flexibility index (Phi) is 3.46. The van der Waals surface area contributed by atoms with Gasteiger partial charge < -0.3 is 0 Å². The van der Waals surface area contributed by atoms with Gasteiger partial charge in [0.1, 0.15) is 0 Å². The molecule has 0 atom stereocenters. The molecule has 0 fully saturated rings. The van der Waals surface area contributed by atoms with Gasteiger partial charge in [0.05, 0.1) is 5.02 Å². The zero-order valence-corrected chi connectivity index (χ0v) is 8.96. The Morgan fingerprint density at radius 3 is 2.50 bits per heavy atom. The molecular formula is C9H3BrClF3. The van der Waals surface area contributed by atoms with Gasteiger partial charge in [-0.25, -0.2) is 0 Å². The van der Waals surface area contributed by atoms with Crippen molar-refractivity contribution in [3.05, 3.63) is 33.3 Å². The molecule has 0 aliphatic carbocycles. The molecule has 0 aromatic heterocycles. The van der Waals surface area contributed by atoms with Crippen molar-refractivity contribution in [1.82, 2.24) is 0 Å². The third kappa shape index (κ3) is 3.60. The van der Waals surface area contributed by atoms with Crippen LogP contribution in [0.1, 0.15) is 5.56 Å². The fourth-order valence-corrected chi connectivity index (χ4v) is 1.26. The van der Waals surface area contributed by atoms with E-state index < -0.39 is 6.18 Å². The van der Waals surface area contributed by atoms with Crippen LogP contribution in [0.5, 0.6) is 0 Å². The molecule has 0 nitrogen and oxygen atoms in total. The number of benzene rings is 1. The van der Waals surface area contributed by atoms with Crippen molar-refractivity contribution >= 4 is 27.5 Å². The van der Waals surface area contributed by atoms with Crippen molar-refractivity contribution in [2.75, 3.05) is 0 Å². The van der Waals surface area contributed by atoms with E-state index in [0.717, 1.165) is 5.92 Å². The molecule has 0 N–H and O–H groups in total. The summed E-state index contributed by atoms with van der Waals surface area (Å²) in [6, 6.07) is 4.54. The molecule has 14 heavy (non-hydrogen) atoms. The summed E-state index contributed by atoms with van der Waals surface area (Å²) in [6.45, 7) is 0. The number of hydrogen-bond acceptors (Lipinski definition) is 0. The highest BCUT2D eigenvalue weighted by molar-refractivity contribution is 9.10. The predicted molar refractivity (Wildman–Crippen MR) is 52.1 cm³/mol. The minimum absolute atomic E-state index is 0.151. The fourth-order valence-electron chi connectivity index (χ4n) is 0.731. The molecule has 1 aromatic rings. The van der Waals surface area contributed by atoms with E-state index in [2.05, 4.69) is 15.9 Å². The van der Waals surface area contributed by atoms with Crippen molar-refractivity contribution < 1.29 is 13.2 Å². The lowest BCUT2D eigenvalue weighted by atomic mass is 10.2. The first kappa shape index (κ1) is 11.4. The lowest BCUT2D eigenvalue weighted by molar-refractivity contribution is -0.0696. The Labute approximate surface area is 92.2 Å². The maximum absolute atomic E-state index is 11.7. The smallest absolute Gasteiger partial charge is 0.159 e. The number of hydrogen-bond donors (Lipinski definition) is 0. The summed E-state index contributed by atoms with van der Waals surface area (Å²) in [5, 5.41) is 0.199. The molecule has 0 aliphatic rings. The molecule has 0 saturated carbocycles. The molecule has 0 unspecified atom stereocenters. The third-order valence-electron chi connectivity index (χ3n) is 1.27. The normalized spacial score (nSPS) is 10.6. The van der Waals surface area contributed by atoms with Crippen LogP contribution in [-0.2, 0) is 0 Å². The Morgan fingerprint density at radius 1 is 1.29 bits per heavy atom. The maximum atomic E-state index is 11.7. The Bertz CT molecular complexity index is 401. The van der Waals surface area contributed by atoms with Gasteiger partial charge in [-0.3, -0.25) is 0 Å². The topological polar surface area (TPSA) is 0 Å². The van der Waals surface area contributed by atoms with Crippen molar-refractivity contribution in [2.24, 2.45) is 0 Å². The number of alkyl halides is 3. The van der Waals surface area contributed by atoms with Gasteiger partial charge in [0.2, 0.25) is 0 Å². The van der Waals surface area contributed by atoms with Crippen molar-refractivity contribution in [1.29, 1.82) is 0 Å². The van der Waals surface area contributed by atoms with Crippen LogP contribution in [0.2, 0.25) is 5.02 Å². The van der Waals surface area contributed by atoms with Crippen LogP contribution in [0, 0.1) is 11.8 Å². The van der Waals surface area contributed by atoms with E-state index in [1.54, 1.807) is 6.07 Å². The molecule has 0 bridgehead atoms. The van der Waals surface area contributed by atoms with E-state index in [1.165, 1.54) is 12.1 Å². The van der Waals surface area contributed by atoms with Gasteiger partial charge in [0, 0.05) is 16.0 Å². The van der Waals surface area contributed by atoms with Crippen molar-refractivity contribution in [2.45, 2.75) is 6.18 Å². The van der Waals surface area contributed by atoms with Crippen LogP contribution in [-0.4, -0.2) is 6.18 Å². The van der Waals surface area contributed by atoms with E-state index in [0.29, 0.717) is 4.47 Å². The largest absolute Gasteiger partial charge is 0.458 e. The SMILES string of the molecule is FC(F)(F)C#Cc1cc(Br)ccc1Cl. The van der Waals surface area contributed by atoms with Crippen LogP contribution >= 0.6 is 27.5 Å². The van der Waals surface area contributed by atoms with Crippen LogP contribution in [0.25, 0.3) is 0 Å². The van der Waals surface area contributed by atoms with E-state index in [4.69, 9.17) is 11.6 Å². The average molecular weight is 283 g/mol. The molecule has 1 aromatic carbocycles. The minimum atomic E-state index is -4.49. The van der Waals surface area contributed by atoms with Gasteiger partial charge in [-0.2, -0.15) is 13.2 Å². The molecule has 0 heterocycles. The molecule has 1 rings (SSSR count). The summed E-state index contributed by atoms with van der Waals surface area (Å²) < 4.78 is 35.9. The standard InChI is InChI=1S/C9H3BrClF3/c10-7-1-2-8(11)6(5-7)3-4-9(12,13)14/h1-2,5H. The highest BCUT2D eigenvalue weighted by Crippen LogP contribution is 2.21. The first-order valence-corrected chi connectivity index (χ1v) is 4.60. The van der Waals surface area contributed by atoms with Gasteiger partial charge in [-0.15, -0.1) is 0 Å². The summed E-state index contributed by atoms with van der Waals surface area (Å²) in [4.78, 5) is 0. The van der Waals surface area contributed by atoms with Gasteiger partial charge in [-0.05, 0) is 18.2 Å². The average Bonchev–Trinajstić information content (AvgIpc) is 2.05. The lowest BCUT2D eigenvalue weighted by Gasteiger charge is -1.97. The Balaban J connectivity index is 3.06. The van der Waals surface area contributed by atoms with Crippen molar-refractivity contribution in [3.63, 3.8) is 0 Å². The van der Waals surface area contributed by atoms with Gasteiger partial charge in [-0.1, -0.05) is 33.5 Å². The summed E-state index contributed by atoms with van der Waals surface area (Å²) in [5.41, 5.74) is 0.151. The molecule has 0 aliphatic heterocycles. The second-order valence-corrected chi connectivity index (χ2v) is 3.69. The van der Waals surface area contributed by atoms with Gasteiger partial charge >= 0.3 is 6.18 Å². The van der Waals surface area contributed by atoms with E-state index in [-0.39, 0.29) is 10.6 Å². The third-order valence-corrected chi connectivity index (χ3v) is 2.09. The summed E-state index contributed by atoms with van der Waals surface area (Å²) in [6.07, 6.45) is -4.49. The maximum Gasteiger partial charge on any atom is 0.458 e. The summed E-state index contributed by atoms with van der Waals surface area (Å²) in [7, 11) is 0. The first-order chi connectivity index (χ1) is 6.38. The Morgan fingerprint density at radius 2 is 1.93 bits per heavy atom. The van der Waals surface area contributed by atoms with Crippen LogP contribution < -0.4 is 0 Å². The van der Waals surface area contributed by atoms with Gasteiger partial charge in [0.25, 0.3) is 0 Å². The highest BCUT2D eigenvalue weighted by atomic mass is 79.9. The minimum Gasteiger partial charge on any atom is -0.159 e. The molecule has 0 saturated heterocycles. The lowest BCUT2D eigenvalue weighted by Crippen LogP contribution is -2.01. The summed E-state index contributed by atoms with van der Waals surface area (Å²) >= 11 is 8.74. The molecule has 0 amide bonds. The molecule has 0 radical (unpaired) electrons. The predicted octanol–water partition coefficient (Wildman–Crippen LogP) is 4.02. The Hall–Kier alpha value is -0.660. The number of rotatable bonds is 0. The highest BCUT2D eigenvalue weighted by Gasteiger charge is 2.23. The van der Waals surface area contributed by atoms with Crippen LogP contribution in [0.15, 0.2) is 22.7 Å². The number of halogens is 5. The molecule has 5 heteroatoms. The molecule has 74 valence electrons. The van der Waals surface area contributed by atoms with E-state index >= 15 is 0 Å². The van der Waals surface area contributed by atoms with E-state index in [9.17, 15) is 13.2 Å². The fraction of sp³-hybridized carbons (Fsp3) is 0.111. The van der Waals surface area contributed by atoms with E-state index in [1.807, 2.05) is 5.92 Å². The molecular weight excluding hydrogens is 280 g/mol. The zero-order valence-electron chi connectivity index (χ0n) is 6.62. The van der Waals surface area contributed by atoms with Crippen LogP contribution in [0.4, 0.5) is 13.2 Å². The second kappa shape index (κ2) is 4.24. The molecule has 0 spiro atoms. The first-order valence-electron chi connectivity index (χ1n) is 3.43. The second-order valence-electron chi connectivity index (χ2n) is 2.37.